The highest BCUT2D eigenvalue weighted by atomic mass is 19.4. The van der Waals surface area contributed by atoms with E-state index in [-0.39, 0.29) is 17.5 Å². The number of benzene rings is 2. The van der Waals surface area contributed by atoms with Crippen LogP contribution in [0.1, 0.15) is 61.8 Å². The fraction of sp³-hybridized carbons (Fsp3) is 0.500. The number of hydrogen-bond acceptors (Lipinski definition) is 0. The normalized spacial score (nSPS) is 15.3. The third kappa shape index (κ3) is 5.79. The van der Waals surface area contributed by atoms with Crippen LogP contribution in [0.5, 0.6) is 0 Å². The largest absolute Gasteiger partial charge is 0.396 e. The van der Waals surface area contributed by atoms with Crippen LogP contribution in [0.4, 0.5) is 26.3 Å². The van der Waals surface area contributed by atoms with E-state index in [1.54, 1.807) is 25.1 Å². The van der Waals surface area contributed by atoms with Gasteiger partial charge in [-0.1, -0.05) is 81.8 Å². The van der Waals surface area contributed by atoms with E-state index >= 15 is 0 Å². The lowest BCUT2D eigenvalue weighted by Crippen LogP contribution is -2.36. The quantitative estimate of drug-likeness (QED) is 0.405. The maximum Gasteiger partial charge on any atom is 0.396 e. The summed E-state index contributed by atoms with van der Waals surface area (Å²) in [5.74, 6) is -4.07. The first-order valence-corrected chi connectivity index (χ1v) is 9.92. The van der Waals surface area contributed by atoms with Crippen molar-refractivity contribution in [1.29, 1.82) is 0 Å². The third-order valence-electron chi connectivity index (χ3n) is 5.51. The molecular formula is C24H28F6. The van der Waals surface area contributed by atoms with Crippen LogP contribution in [0, 0.1) is 18.3 Å². The first-order valence-electron chi connectivity index (χ1n) is 9.92. The van der Waals surface area contributed by atoms with Crippen LogP contribution >= 0.6 is 0 Å². The number of hydrogen-bond donors (Lipinski definition) is 0. The lowest BCUT2D eigenvalue weighted by Gasteiger charge is -2.36. The molecule has 0 nitrogen and oxygen atoms in total. The zero-order valence-electron chi connectivity index (χ0n) is 17.8. The minimum absolute atomic E-state index is 0.00155. The molecule has 0 aliphatic carbocycles. The summed E-state index contributed by atoms with van der Waals surface area (Å²) in [7, 11) is 0. The molecular weight excluding hydrogens is 402 g/mol. The molecule has 0 saturated carbocycles. The van der Waals surface area contributed by atoms with Crippen LogP contribution in [-0.2, 0) is 6.42 Å². The summed E-state index contributed by atoms with van der Waals surface area (Å²) in [6.45, 7) is 7.81. The Kier molecular flexibility index (Phi) is 6.99. The fourth-order valence-electron chi connectivity index (χ4n) is 4.32. The molecule has 2 rings (SSSR count). The van der Waals surface area contributed by atoms with E-state index in [2.05, 4.69) is 0 Å². The molecule has 6 heteroatoms. The van der Waals surface area contributed by atoms with Crippen LogP contribution in [0.3, 0.4) is 0 Å². The van der Waals surface area contributed by atoms with E-state index in [1.165, 1.54) is 58.0 Å². The van der Waals surface area contributed by atoms with E-state index in [0.717, 1.165) is 5.56 Å². The Balaban J connectivity index is 2.42. The second-order valence-corrected chi connectivity index (χ2v) is 9.06. The molecule has 2 aromatic rings. The van der Waals surface area contributed by atoms with Gasteiger partial charge in [0.2, 0.25) is 0 Å². The van der Waals surface area contributed by atoms with Gasteiger partial charge in [-0.2, -0.15) is 26.3 Å². The van der Waals surface area contributed by atoms with Gasteiger partial charge in [0.05, 0.1) is 11.8 Å². The Bertz CT molecular complexity index is 828. The minimum Gasteiger partial charge on any atom is -0.170 e. The molecule has 0 heterocycles. The average Bonchev–Trinajstić information content (AvgIpc) is 2.53. The van der Waals surface area contributed by atoms with Gasteiger partial charge in [-0.15, -0.1) is 0 Å². The molecule has 0 aromatic heterocycles. The van der Waals surface area contributed by atoms with Crippen molar-refractivity contribution in [3.8, 4) is 0 Å². The molecule has 0 aliphatic rings. The molecule has 0 aliphatic heterocycles. The van der Waals surface area contributed by atoms with Crippen molar-refractivity contribution in [3.63, 3.8) is 0 Å². The van der Waals surface area contributed by atoms with Crippen molar-refractivity contribution >= 4 is 0 Å². The molecule has 30 heavy (non-hydrogen) atoms. The van der Waals surface area contributed by atoms with Crippen LogP contribution in [0.25, 0.3) is 0 Å². The zero-order valence-corrected chi connectivity index (χ0v) is 17.8. The molecule has 0 bridgehead atoms. The van der Waals surface area contributed by atoms with Crippen LogP contribution in [0.15, 0.2) is 48.5 Å². The Morgan fingerprint density at radius 1 is 0.767 bits per heavy atom. The first kappa shape index (κ1) is 24.3. The van der Waals surface area contributed by atoms with Gasteiger partial charge in [-0.3, -0.25) is 0 Å². The van der Waals surface area contributed by atoms with Gasteiger partial charge in [0.1, 0.15) is 0 Å². The van der Waals surface area contributed by atoms with E-state index in [1.807, 2.05) is 0 Å². The van der Waals surface area contributed by atoms with Crippen molar-refractivity contribution in [1.82, 2.24) is 0 Å². The highest BCUT2D eigenvalue weighted by Gasteiger charge is 2.49. The van der Waals surface area contributed by atoms with Crippen LogP contribution < -0.4 is 0 Å². The van der Waals surface area contributed by atoms with Crippen molar-refractivity contribution < 1.29 is 26.3 Å². The predicted octanol–water partition coefficient (Wildman–Crippen LogP) is 8.21. The van der Waals surface area contributed by atoms with Gasteiger partial charge in [0.25, 0.3) is 0 Å². The average molecular weight is 430 g/mol. The third-order valence-corrected chi connectivity index (χ3v) is 5.51. The number of aryl methyl sites for hydroxylation is 1. The Labute approximate surface area is 174 Å². The summed E-state index contributed by atoms with van der Waals surface area (Å²) in [6, 6.07) is 12.1. The first-order chi connectivity index (χ1) is 13.6. The minimum atomic E-state index is -4.48. The van der Waals surface area contributed by atoms with Crippen LogP contribution in [-0.4, -0.2) is 12.4 Å². The van der Waals surface area contributed by atoms with E-state index in [4.69, 9.17) is 0 Å². The summed E-state index contributed by atoms with van der Waals surface area (Å²) in [6.07, 6.45) is -8.90. The number of rotatable bonds is 6. The monoisotopic (exact) mass is 430 g/mol. The lowest BCUT2D eigenvalue weighted by atomic mass is 9.70. The number of alkyl halides is 6. The summed E-state index contributed by atoms with van der Waals surface area (Å²) in [5.41, 5.74) is 0.317. The zero-order chi connectivity index (χ0) is 22.9. The van der Waals surface area contributed by atoms with Gasteiger partial charge in [0.15, 0.2) is 0 Å². The molecule has 2 atom stereocenters. The van der Waals surface area contributed by atoms with Crippen molar-refractivity contribution in [3.05, 3.63) is 70.8 Å². The maximum atomic E-state index is 14.0. The highest BCUT2D eigenvalue weighted by Crippen LogP contribution is 2.49. The summed E-state index contributed by atoms with van der Waals surface area (Å²) in [5, 5.41) is 0. The molecule has 0 saturated heterocycles. The van der Waals surface area contributed by atoms with E-state index in [9.17, 15) is 26.3 Å². The fourth-order valence-corrected chi connectivity index (χ4v) is 4.32. The van der Waals surface area contributed by atoms with E-state index in [0.29, 0.717) is 5.56 Å². The summed E-state index contributed by atoms with van der Waals surface area (Å²) in [4.78, 5) is 0. The molecule has 2 unspecified atom stereocenters. The summed E-state index contributed by atoms with van der Waals surface area (Å²) >= 11 is 0. The van der Waals surface area contributed by atoms with Crippen molar-refractivity contribution in [2.45, 2.75) is 65.2 Å². The molecule has 0 fully saturated rings. The van der Waals surface area contributed by atoms with Gasteiger partial charge >= 0.3 is 12.4 Å². The second kappa shape index (κ2) is 8.64. The smallest absolute Gasteiger partial charge is 0.170 e. The van der Waals surface area contributed by atoms with Gasteiger partial charge in [-0.05, 0) is 41.4 Å². The lowest BCUT2D eigenvalue weighted by molar-refractivity contribution is -0.173. The second-order valence-electron chi connectivity index (χ2n) is 9.06. The van der Waals surface area contributed by atoms with Crippen molar-refractivity contribution in [2.75, 3.05) is 0 Å². The predicted molar refractivity (Wildman–Crippen MR) is 108 cm³/mol. The summed E-state index contributed by atoms with van der Waals surface area (Å²) < 4.78 is 82.6. The Morgan fingerprint density at radius 3 is 1.80 bits per heavy atom. The van der Waals surface area contributed by atoms with Gasteiger partial charge < -0.3 is 0 Å². The van der Waals surface area contributed by atoms with Gasteiger partial charge in [-0.25, -0.2) is 0 Å². The maximum absolute atomic E-state index is 14.0. The molecule has 166 valence electrons. The SMILES string of the molecule is Cc1ccc(C(C(F)(F)F)C(C)(C)Cc2cccc(C(C(C)C)C(F)(F)F)c2)cc1. The Morgan fingerprint density at radius 2 is 1.33 bits per heavy atom. The molecule has 0 radical (unpaired) electrons. The molecule has 2 aromatic carbocycles. The molecule has 0 amide bonds. The topological polar surface area (TPSA) is 0 Å². The standard InChI is InChI=1S/C24H28F6/c1-15(2)20(23(25,26)27)19-8-6-7-17(13-19)14-22(4,5)21(24(28,29)30)18-11-9-16(3)10-12-18/h6-13,15,20-21H,14H2,1-5H3. The number of halogens is 6. The van der Waals surface area contributed by atoms with Gasteiger partial charge in [0, 0.05) is 0 Å². The van der Waals surface area contributed by atoms with Crippen LogP contribution in [0.2, 0.25) is 0 Å². The van der Waals surface area contributed by atoms with Crippen molar-refractivity contribution in [2.24, 2.45) is 11.3 Å². The molecule has 0 spiro atoms. The Hall–Kier alpha value is -1.98. The van der Waals surface area contributed by atoms with E-state index < -0.39 is 35.5 Å². The highest BCUT2D eigenvalue weighted by molar-refractivity contribution is 5.31. The molecule has 0 N–H and O–H groups in total.